The molecule has 1 aromatic rings. The van der Waals surface area contributed by atoms with Gasteiger partial charge in [0.05, 0.1) is 7.11 Å². The number of nitrogens with zero attached hydrogens (tertiary/aromatic N) is 3. The van der Waals surface area contributed by atoms with Gasteiger partial charge in [0.1, 0.15) is 0 Å². The Hall–Kier alpha value is -1.28. The highest BCUT2D eigenvalue weighted by Gasteiger charge is 2.03. The Labute approximate surface area is 104 Å². The van der Waals surface area contributed by atoms with E-state index in [9.17, 15) is 0 Å². The van der Waals surface area contributed by atoms with Gasteiger partial charge in [0, 0.05) is 18.9 Å². The number of aliphatic hydroxyl groups excluding tert-OH is 1. The van der Waals surface area contributed by atoms with Crippen LogP contribution in [0, 0.1) is 0 Å². The second-order valence-corrected chi connectivity index (χ2v) is 4.34. The average Bonchev–Trinajstić information content (AvgIpc) is 2.33. The number of aromatic nitrogens is 3. The minimum absolute atomic E-state index is 0.132. The maximum absolute atomic E-state index is 8.61. The van der Waals surface area contributed by atoms with Gasteiger partial charge in [-0.2, -0.15) is 26.7 Å². The van der Waals surface area contributed by atoms with E-state index >= 15 is 0 Å². The van der Waals surface area contributed by atoms with E-state index in [-0.39, 0.29) is 18.6 Å². The van der Waals surface area contributed by atoms with Gasteiger partial charge in [-0.15, -0.1) is 0 Å². The van der Waals surface area contributed by atoms with Gasteiger partial charge in [0.25, 0.3) is 0 Å². The molecule has 0 aliphatic heterocycles. The van der Waals surface area contributed by atoms with Crippen molar-refractivity contribution in [1.29, 1.82) is 0 Å². The van der Waals surface area contributed by atoms with E-state index < -0.39 is 0 Å². The standard InChI is InChI=1S/C9H17N5O2S/c1-16-9-13-7(10)12-8(14-9)11-3-6-17-5-2-4-15/h15H,2-6H2,1H3,(H3,10,11,12,13,14). The van der Waals surface area contributed by atoms with E-state index in [4.69, 9.17) is 15.6 Å². The van der Waals surface area contributed by atoms with Gasteiger partial charge in [0.2, 0.25) is 11.9 Å². The molecular formula is C9H17N5O2S. The SMILES string of the molecule is COc1nc(N)nc(NCCSCCCO)n1. The highest BCUT2D eigenvalue weighted by molar-refractivity contribution is 7.99. The van der Waals surface area contributed by atoms with Crippen molar-refractivity contribution in [2.75, 3.05) is 42.8 Å². The Morgan fingerprint density at radius 1 is 1.35 bits per heavy atom. The van der Waals surface area contributed by atoms with Gasteiger partial charge in [0.15, 0.2) is 0 Å². The summed E-state index contributed by atoms with van der Waals surface area (Å²) in [5, 5.41) is 11.6. The van der Waals surface area contributed by atoms with Gasteiger partial charge < -0.3 is 20.9 Å². The van der Waals surface area contributed by atoms with Crippen molar-refractivity contribution in [2.24, 2.45) is 0 Å². The highest BCUT2D eigenvalue weighted by Crippen LogP contribution is 2.08. The van der Waals surface area contributed by atoms with Crippen LogP contribution in [-0.2, 0) is 0 Å². The molecule has 0 radical (unpaired) electrons. The third kappa shape index (κ3) is 5.55. The molecule has 0 fully saturated rings. The summed E-state index contributed by atoms with van der Waals surface area (Å²) >= 11 is 1.76. The number of nitrogens with two attached hydrogens (primary N) is 1. The van der Waals surface area contributed by atoms with Crippen molar-refractivity contribution < 1.29 is 9.84 Å². The third-order valence-corrected chi connectivity index (χ3v) is 2.86. The van der Waals surface area contributed by atoms with Crippen LogP contribution in [0.3, 0.4) is 0 Å². The average molecular weight is 259 g/mol. The number of thioether (sulfide) groups is 1. The molecular weight excluding hydrogens is 242 g/mol. The van der Waals surface area contributed by atoms with Crippen LogP contribution in [0.25, 0.3) is 0 Å². The minimum atomic E-state index is 0.132. The summed E-state index contributed by atoms with van der Waals surface area (Å²) in [5.41, 5.74) is 5.49. The molecule has 0 amide bonds. The molecule has 1 aromatic heterocycles. The third-order valence-electron chi connectivity index (χ3n) is 1.79. The summed E-state index contributed by atoms with van der Waals surface area (Å²) in [7, 11) is 1.48. The second kappa shape index (κ2) is 7.91. The van der Waals surface area contributed by atoms with E-state index in [1.165, 1.54) is 7.11 Å². The lowest BCUT2D eigenvalue weighted by molar-refractivity contribution is 0.296. The van der Waals surface area contributed by atoms with E-state index in [2.05, 4.69) is 20.3 Å². The molecule has 17 heavy (non-hydrogen) atoms. The van der Waals surface area contributed by atoms with Crippen molar-refractivity contribution in [3.8, 4) is 6.01 Å². The van der Waals surface area contributed by atoms with Gasteiger partial charge in [-0.3, -0.25) is 0 Å². The fourth-order valence-corrected chi connectivity index (χ4v) is 1.83. The highest BCUT2D eigenvalue weighted by atomic mass is 32.2. The van der Waals surface area contributed by atoms with E-state index in [1.54, 1.807) is 11.8 Å². The Kier molecular flexibility index (Phi) is 6.41. The van der Waals surface area contributed by atoms with Crippen LogP contribution in [0.15, 0.2) is 0 Å². The zero-order valence-electron chi connectivity index (χ0n) is 9.72. The van der Waals surface area contributed by atoms with Crippen molar-refractivity contribution in [3.05, 3.63) is 0 Å². The number of hydrogen-bond acceptors (Lipinski definition) is 8. The molecule has 0 aliphatic rings. The fourth-order valence-electron chi connectivity index (χ4n) is 1.05. The maximum Gasteiger partial charge on any atom is 0.322 e. The first-order chi connectivity index (χ1) is 8.26. The van der Waals surface area contributed by atoms with Crippen molar-refractivity contribution in [3.63, 3.8) is 0 Å². The Bertz CT molecular complexity index is 339. The predicted molar refractivity (Wildman–Crippen MR) is 68.3 cm³/mol. The summed E-state index contributed by atoms with van der Waals surface area (Å²) in [6.45, 7) is 0.963. The molecule has 1 rings (SSSR count). The summed E-state index contributed by atoms with van der Waals surface area (Å²) < 4.78 is 4.88. The quantitative estimate of drug-likeness (QED) is 0.560. The number of ether oxygens (including phenoxy) is 1. The lowest BCUT2D eigenvalue weighted by Crippen LogP contribution is -2.11. The van der Waals surface area contributed by atoms with Crippen LogP contribution >= 0.6 is 11.8 Å². The summed E-state index contributed by atoms with van der Waals surface area (Å²) in [4.78, 5) is 11.7. The molecule has 96 valence electrons. The van der Waals surface area contributed by atoms with E-state index in [0.717, 1.165) is 24.5 Å². The molecule has 0 aromatic carbocycles. The molecule has 8 heteroatoms. The van der Waals surface area contributed by atoms with Crippen LogP contribution in [-0.4, -0.2) is 51.8 Å². The predicted octanol–water partition coefficient (Wildman–Crippen LogP) is -0.0101. The van der Waals surface area contributed by atoms with Crippen molar-refractivity contribution >= 4 is 23.7 Å². The number of methoxy groups -OCH3 is 1. The Balaban J connectivity index is 2.28. The maximum atomic E-state index is 8.61. The van der Waals surface area contributed by atoms with Crippen LogP contribution in [0.1, 0.15) is 6.42 Å². The lowest BCUT2D eigenvalue weighted by Gasteiger charge is -2.06. The summed E-state index contributed by atoms with van der Waals surface area (Å²) in [6, 6.07) is 0.202. The smallest absolute Gasteiger partial charge is 0.322 e. The van der Waals surface area contributed by atoms with E-state index in [1.807, 2.05) is 0 Å². The number of aliphatic hydroxyl groups is 1. The second-order valence-electron chi connectivity index (χ2n) is 3.12. The summed E-state index contributed by atoms with van der Waals surface area (Å²) in [6.07, 6.45) is 0.817. The van der Waals surface area contributed by atoms with Gasteiger partial charge in [-0.05, 0) is 12.2 Å². The number of rotatable bonds is 8. The first-order valence-electron chi connectivity index (χ1n) is 5.24. The molecule has 7 nitrogen and oxygen atoms in total. The minimum Gasteiger partial charge on any atom is -0.467 e. The molecule has 0 atom stereocenters. The zero-order valence-corrected chi connectivity index (χ0v) is 10.5. The number of nitrogens with one attached hydrogen (secondary N) is 1. The van der Waals surface area contributed by atoms with Crippen LogP contribution in [0.4, 0.5) is 11.9 Å². The Morgan fingerprint density at radius 3 is 2.88 bits per heavy atom. The van der Waals surface area contributed by atoms with Crippen LogP contribution in [0.5, 0.6) is 6.01 Å². The molecule has 0 saturated carbocycles. The number of anilines is 2. The molecule has 0 saturated heterocycles. The summed E-state index contributed by atoms with van der Waals surface area (Å²) in [5.74, 6) is 2.40. The van der Waals surface area contributed by atoms with Gasteiger partial charge in [-0.25, -0.2) is 0 Å². The zero-order chi connectivity index (χ0) is 12.5. The molecule has 0 bridgehead atoms. The largest absolute Gasteiger partial charge is 0.467 e. The molecule has 4 N–H and O–H groups in total. The van der Waals surface area contributed by atoms with Gasteiger partial charge in [-0.1, -0.05) is 0 Å². The molecule has 0 aliphatic carbocycles. The van der Waals surface area contributed by atoms with Crippen molar-refractivity contribution in [2.45, 2.75) is 6.42 Å². The normalized spacial score (nSPS) is 10.2. The van der Waals surface area contributed by atoms with Crippen LogP contribution < -0.4 is 15.8 Å². The molecule has 1 heterocycles. The first kappa shape index (κ1) is 13.8. The van der Waals surface area contributed by atoms with Gasteiger partial charge >= 0.3 is 6.01 Å². The number of nitrogen functional groups attached to an aromatic ring is 1. The van der Waals surface area contributed by atoms with Crippen LogP contribution in [0.2, 0.25) is 0 Å². The fraction of sp³-hybridized carbons (Fsp3) is 0.667. The van der Waals surface area contributed by atoms with Crippen molar-refractivity contribution in [1.82, 2.24) is 15.0 Å². The first-order valence-corrected chi connectivity index (χ1v) is 6.39. The molecule has 0 unspecified atom stereocenters. The van der Waals surface area contributed by atoms with E-state index in [0.29, 0.717) is 5.95 Å². The monoisotopic (exact) mass is 259 g/mol. The lowest BCUT2D eigenvalue weighted by atomic mass is 10.5. The Morgan fingerprint density at radius 2 is 2.18 bits per heavy atom. The molecule has 0 spiro atoms. The number of hydrogen-bond donors (Lipinski definition) is 3. The topological polar surface area (TPSA) is 106 Å².